The molecular weight excluding hydrogens is 719 g/mol. The van der Waals surface area contributed by atoms with Gasteiger partial charge in [0.25, 0.3) is 0 Å². The zero-order valence-corrected chi connectivity index (χ0v) is 35.3. The Morgan fingerprint density at radius 2 is 1.25 bits per heavy atom. The van der Waals surface area contributed by atoms with Crippen molar-refractivity contribution in [2.75, 3.05) is 0 Å². The van der Waals surface area contributed by atoms with E-state index in [0.29, 0.717) is 22.6 Å². The van der Waals surface area contributed by atoms with Crippen LogP contribution in [-0.4, -0.2) is 19.6 Å². The molecule has 2 aromatic heterocycles. The molecule has 0 unspecified atom stereocenters. The first-order valence-electron chi connectivity index (χ1n) is 23.6. The lowest BCUT2D eigenvalue weighted by atomic mass is 9.81. The summed E-state index contributed by atoms with van der Waals surface area (Å²) in [5.41, 5.74) is 10.3. The van der Waals surface area contributed by atoms with Gasteiger partial charge < -0.3 is 5.11 Å². The number of phenolic OH excluding ortho intramolecular Hbond substituents is 1. The zero-order chi connectivity index (χ0) is 47.8. The highest BCUT2D eigenvalue weighted by atomic mass is 16.3. The molecule has 0 saturated carbocycles. The quantitative estimate of drug-likeness (QED) is 0.183. The Hall–Kier alpha value is -6.26. The van der Waals surface area contributed by atoms with Crippen LogP contribution in [0.1, 0.15) is 94.2 Å². The van der Waals surface area contributed by atoms with Crippen LogP contribution < -0.4 is 0 Å². The Bertz CT molecular complexity index is 3160. The average Bonchev–Trinajstić information content (AvgIpc) is 3.64. The third kappa shape index (κ3) is 7.72. The van der Waals surface area contributed by atoms with Gasteiger partial charge in [-0.2, -0.15) is 0 Å². The van der Waals surface area contributed by atoms with Crippen LogP contribution in [0, 0.1) is 6.85 Å². The van der Waals surface area contributed by atoms with E-state index in [2.05, 4.69) is 134 Å². The van der Waals surface area contributed by atoms with Crippen LogP contribution in [-0.2, 0) is 16.2 Å². The maximum Gasteiger partial charge on any atom is 0.149 e. The summed E-state index contributed by atoms with van der Waals surface area (Å²) in [6.07, 6.45) is 1.57. The van der Waals surface area contributed by atoms with Gasteiger partial charge in [-0.1, -0.05) is 159 Å². The Labute approximate surface area is 360 Å². The normalized spacial score (nSPS) is 14.2. The van der Waals surface area contributed by atoms with Crippen molar-refractivity contribution in [2.24, 2.45) is 0 Å². The number of aromatic nitrogens is 3. The predicted molar refractivity (Wildman–Crippen MR) is 249 cm³/mol. The van der Waals surface area contributed by atoms with Crippen LogP contribution in [0.3, 0.4) is 0 Å². The molecular formula is C55H55N3O. The number of fused-ring (bicyclic) bond motifs is 1. The summed E-state index contributed by atoms with van der Waals surface area (Å²) in [4.78, 5) is 10.2. The number of hydrogen-bond acceptors (Lipinski definition) is 3. The molecule has 0 aliphatic rings. The topological polar surface area (TPSA) is 50.9 Å². The molecule has 296 valence electrons. The number of para-hydroxylation sites is 2. The van der Waals surface area contributed by atoms with Crippen molar-refractivity contribution in [3.05, 3.63) is 168 Å². The van der Waals surface area contributed by atoms with Crippen molar-refractivity contribution < 1.29 is 14.7 Å². The lowest BCUT2D eigenvalue weighted by Crippen LogP contribution is -2.14. The third-order valence-electron chi connectivity index (χ3n) is 11.0. The number of imidazole rings is 1. The standard InChI is InChI=1S/C55H55N3O/c1-35-22-24-36(25-23-35)38-28-29-56-48(33-38)40-30-39(31-41(32-40)53(2,3)4)44-18-15-21-49-50(44)57-52(45-19-14-20-46(51(45)59)54(5,6)7)58(49)42-26-27-43(37-16-12-11-13-17-37)47(34-42)55(8,9)10/h11-34,59H,1-10H3/i1D3,22D,23D,24D,25D. The van der Waals surface area contributed by atoms with Crippen LogP contribution in [0.15, 0.2) is 146 Å². The number of nitrogens with zero attached hydrogens (tertiary/aromatic N) is 3. The molecule has 0 fully saturated rings. The van der Waals surface area contributed by atoms with Crippen LogP contribution in [0.4, 0.5) is 0 Å². The lowest BCUT2D eigenvalue weighted by Gasteiger charge is -2.25. The van der Waals surface area contributed by atoms with E-state index in [0.717, 1.165) is 55.7 Å². The van der Waals surface area contributed by atoms with E-state index in [9.17, 15) is 5.11 Å². The van der Waals surface area contributed by atoms with E-state index in [1.807, 2.05) is 36.4 Å². The lowest BCUT2D eigenvalue weighted by molar-refractivity contribution is 0.448. The van der Waals surface area contributed by atoms with Gasteiger partial charge in [0.05, 0.1) is 27.8 Å². The maximum atomic E-state index is 12.1. The van der Waals surface area contributed by atoms with E-state index in [4.69, 9.17) is 19.6 Å². The zero-order valence-electron chi connectivity index (χ0n) is 42.3. The number of benzene rings is 6. The highest BCUT2D eigenvalue weighted by Gasteiger charge is 2.27. The molecule has 0 aliphatic heterocycles. The first-order valence-corrected chi connectivity index (χ1v) is 20.1. The van der Waals surface area contributed by atoms with E-state index < -0.39 is 36.6 Å². The van der Waals surface area contributed by atoms with Gasteiger partial charge in [0.2, 0.25) is 0 Å². The predicted octanol–water partition coefficient (Wildman–Crippen LogP) is 14.7. The maximum absolute atomic E-state index is 12.1. The fourth-order valence-electron chi connectivity index (χ4n) is 7.83. The molecule has 6 aromatic carbocycles. The Morgan fingerprint density at radius 3 is 1.95 bits per heavy atom. The summed E-state index contributed by atoms with van der Waals surface area (Å²) < 4.78 is 60.5. The Balaban J connectivity index is 1.38. The minimum absolute atomic E-state index is 0.00175. The molecule has 59 heavy (non-hydrogen) atoms. The van der Waals surface area contributed by atoms with Crippen molar-refractivity contribution in [1.29, 1.82) is 0 Å². The first-order chi connectivity index (χ1) is 30.9. The van der Waals surface area contributed by atoms with Crippen molar-refractivity contribution in [3.63, 3.8) is 0 Å². The summed E-state index contributed by atoms with van der Waals surface area (Å²) in [6, 6.07) is 36.6. The second kappa shape index (κ2) is 14.8. The first kappa shape index (κ1) is 31.7. The molecule has 0 bridgehead atoms. The van der Waals surface area contributed by atoms with E-state index >= 15 is 0 Å². The van der Waals surface area contributed by atoms with Crippen molar-refractivity contribution in [3.8, 4) is 67.5 Å². The molecule has 0 aliphatic carbocycles. The minimum Gasteiger partial charge on any atom is -0.507 e. The number of rotatable bonds is 6. The van der Waals surface area contributed by atoms with Gasteiger partial charge in [-0.05, 0) is 116 Å². The van der Waals surface area contributed by atoms with Gasteiger partial charge in [-0.3, -0.25) is 9.55 Å². The van der Waals surface area contributed by atoms with Gasteiger partial charge in [-0.25, -0.2) is 4.98 Å². The Morgan fingerprint density at radius 1 is 0.559 bits per heavy atom. The smallest absolute Gasteiger partial charge is 0.149 e. The van der Waals surface area contributed by atoms with Gasteiger partial charge in [0, 0.05) is 27.1 Å². The Kier molecular flexibility index (Phi) is 7.97. The number of aromatic hydroxyl groups is 1. The molecule has 1 N–H and O–H groups in total. The molecule has 0 radical (unpaired) electrons. The molecule has 0 atom stereocenters. The monoisotopic (exact) mass is 780 g/mol. The van der Waals surface area contributed by atoms with E-state index in [1.54, 1.807) is 18.3 Å². The molecule has 8 rings (SSSR count). The minimum atomic E-state index is -2.82. The van der Waals surface area contributed by atoms with Gasteiger partial charge >= 0.3 is 0 Å². The highest BCUT2D eigenvalue weighted by molar-refractivity contribution is 5.97. The summed E-state index contributed by atoms with van der Waals surface area (Å²) in [5.74, 6) is 0.775. The molecule has 8 aromatic rings. The largest absolute Gasteiger partial charge is 0.507 e. The van der Waals surface area contributed by atoms with Crippen LogP contribution >= 0.6 is 0 Å². The highest BCUT2D eigenvalue weighted by Crippen LogP contribution is 2.44. The molecule has 4 nitrogen and oxygen atoms in total. The summed E-state index contributed by atoms with van der Waals surface area (Å²) in [5, 5.41) is 12.1. The molecule has 0 amide bonds. The van der Waals surface area contributed by atoms with Crippen molar-refractivity contribution in [2.45, 2.75) is 85.4 Å². The SMILES string of the molecule is [2H]c1c([2H])c(C([2H])([2H])[2H])c([2H])c([2H])c1-c1ccnc(-c2cc(-c3cccc4c3nc(-c3cccc(C(C)(C)C)c3O)n4-c3ccc(-c4ccccc4)c(C(C)(C)C)c3)cc(C(C)(C)C)c2)c1. The molecule has 2 heterocycles. The van der Waals surface area contributed by atoms with Crippen molar-refractivity contribution in [1.82, 2.24) is 14.5 Å². The van der Waals surface area contributed by atoms with Gasteiger partial charge in [0.1, 0.15) is 11.6 Å². The van der Waals surface area contributed by atoms with Crippen LogP contribution in [0.25, 0.3) is 72.7 Å². The van der Waals surface area contributed by atoms with Crippen LogP contribution in [0.2, 0.25) is 0 Å². The van der Waals surface area contributed by atoms with Gasteiger partial charge in [-0.15, -0.1) is 0 Å². The summed E-state index contributed by atoms with van der Waals surface area (Å²) >= 11 is 0. The molecule has 0 saturated heterocycles. The summed E-state index contributed by atoms with van der Waals surface area (Å²) in [6.45, 7) is 16.5. The number of phenols is 1. The van der Waals surface area contributed by atoms with Crippen molar-refractivity contribution >= 4 is 11.0 Å². The van der Waals surface area contributed by atoms with E-state index in [-0.39, 0.29) is 27.6 Å². The number of pyridine rings is 1. The molecule has 0 spiro atoms. The second-order valence-corrected chi connectivity index (χ2v) is 18.5. The third-order valence-corrected chi connectivity index (χ3v) is 11.0. The summed E-state index contributed by atoms with van der Waals surface area (Å²) in [7, 11) is 0. The van der Waals surface area contributed by atoms with E-state index in [1.165, 1.54) is 5.56 Å². The average molecular weight is 781 g/mol. The van der Waals surface area contributed by atoms with Crippen LogP contribution in [0.5, 0.6) is 5.75 Å². The second-order valence-electron chi connectivity index (χ2n) is 18.5. The fourth-order valence-corrected chi connectivity index (χ4v) is 7.83. The van der Waals surface area contributed by atoms with Gasteiger partial charge in [0.15, 0.2) is 0 Å². The fraction of sp³-hybridized carbons (Fsp3) is 0.236. The number of hydrogen-bond donors (Lipinski definition) is 1. The molecule has 4 heteroatoms.